The quantitative estimate of drug-likeness (QED) is 0.563. The van der Waals surface area contributed by atoms with Gasteiger partial charge in [0.25, 0.3) is 0 Å². The first-order chi connectivity index (χ1) is 9.54. The van der Waals surface area contributed by atoms with Gasteiger partial charge >= 0.3 is 0 Å². The summed E-state index contributed by atoms with van der Waals surface area (Å²) in [4.78, 5) is 2.15. The van der Waals surface area contributed by atoms with E-state index in [-0.39, 0.29) is 0 Å². The van der Waals surface area contributed by atoms with Crippen LogP contribution in [0.3, 0.4) is 0 Å². The Morgan fingerprint density at radius 3 is 2.40 bits per heavy atom. The lowest BCUT2D eigenvalue weighted by atomic mass is 10.0. The van der Waals surface area contributed by atoms with Gasteiger partial charge in [0.1, 0.15) is 6.10 Å². The summed E-state index contributed by atoms with van der Waals surface area (Å²) < 4.78 is 2.12. The third kappa shape index (κ3) is 2.70. The molecule has 0 aliphatic heterocycles. The molecule has 1 N–H and O–H groups in total. The Balaban J connectivity index is 2.03. The summed E-state index contributed by atoms with van der Waals surface area (Å²) in [6.07, 6.45) is -0.571. The van der Waals surface area contributed by atoms with Crippen molar-refractivity contribution in [2.45, 2.75) is 13.0 Å². The summed E-state index contributed by atoms with van der Waals surface area (Å²) in [7, 11) is 0. The highest BCUT2D eigenvalue weighted by Crippen LogP contribution is 2.34. The van der Waals surface area contributed by atoms with E-state index in [4.69, 9.17) is 0 Å². The molecule has 0 bridgehead atoms. The van der Waals surface area contributed by atoms with E-state index in [0.29, 0.717) is 0 Å². The largest absolute Gasteiger partial charge is 0.383 e. The Morgan fingerprint density at radius 2 is 1.70 bits per heavy atom. The Hall–Kier alpha value is -0.680. The van der Waals surface area contributed by atoms with Crippen LogP contribution in [-0.4, -0.2) is 5.11 Å². The molecule has 0 aliphatic carbocycles. The second-order valence-electron chi connectivity index (χ2n) is 4.71. The number of fused-ring (bicyclic) bond motifs is 1. The highest BCUT2D eigenvalue weighted by Gasteiger charge is 2.14. The van der Waals surface area contributed by atoms with Gasteiger partial charge in [-0.25, -0.2) is 0 Å². The van der Waals surface area contributed by atoms with Gasteiger partial charge in [-0.2, -0.15) is 0 Å². The highest BCUT2D eigenvalue weighted by atomic mass is 79.9. The first-order valence-corrected chi connectivity index (χ1v) is 8.58. The Morgan fingerprint density at radius 1 is 1.00 bits per heavy atom. The number of rotatable bonds is 2. The van der Waals surface area contributed by atoms with Crippen molar-refractivity contribution in [3.63, 3.8) is 0 Å². The monoisotopic (exact) mass is 410 g/mol. The fraction of sp³-hybridized carbons (Fsp3) is 0.125. The van der Waals surface area contributed by atoms with E-state index in [1.54, 1.807) is 11.3 Å². The van der Waals surface area contributed by atoms with Crippen molar-refractivity contribution in [3.8, 4) is 0 Å². The zero-order valence-electron chi connectivity index (χ0n) is 10.7. The number of benzene rings is 2. The summed E-state index contributed by atoms with van der Waals surface area (Å²) in [6.45, 7) is 2.04. The van der Waals surface area contributed by atoms with Crippen molar-refractivity contribution in [1.29, 1.82) is 0 Å². The number of aliphatic hydroxyl groups excluding tert-OH is 1. The fourth-order valence-electron chi connectivity index (χ4n) is 2.19. The average Bonchev–Trinajstić information content (AvgIpc) is 2.77. The van der Waals surface area contributed by atoms with Gasteiger partial charge in [-0.1, -0.05) is 34.1 Å². The third-order valence-corrected chi connectivity index (χ3v) is 5.97. The summed E-state index contributed by atoms with van der Waals surface area (Å²) in [5.74, 6) is 0. The molecule has 1 unspecified atom stereocenters. The summed E-state index contributed by atoms with van der Waals surface area (Å²) in [6, 6.07) is 14.2. The molecule has 0 saturated heterocycles. The fourth-order valence-corrected chi connectivity index (χ4v) is 4.14. The zero-order valence-corrected chi connectivity index (χ0v) is 14.7. The van der Waals surface area contributed by atoms with Crippen LogP contribution < -0.4 is 0 Å². The minimum absolute atomic E-state index is 0.571. The summed E-state index contributed by atoms with van der Waals surface area (Å²) in [5, 5.41) is 12.8. The van der Waals surface area contributed by atoms with Crippen molar-refractivity contribution in [2.24, 2.45) is 0 Å². The van der Waals surface area contributed by atoms with E-state index < -0.39 is 6.10 Å². The first-order valence-electron chi connectivity index (χ1n) is 6.18. The van der Waals surface area contributed by atoms with Crippen molar-refractivity contribution in [3.05, 3.63) is 66.7 Å². The average molecular weight is 412 g/mol. The van der Waals surface area contributed by atoms with Gasteiger partial charge in [-0.05, 0) is 63.5 Å². The molecule has 20 heavy (non-hydrogen) atoms. The smallest absolute Gasteiger partial charge is 0.113 e. The molecule has 3 aromatic rings. The van der Waals surface area contributed by atoms with Crippen LogP contribution in [0.2, 0.25) is 0 Å². The van der Waals surface area contributed by atoms with Gasteiger partial charge in [0.05, 0.1) is 0 Å². The van der Waals surface area contributed by atoms with Crippen LogP contribution in [0.5, 0.6) is 0 Å². The normalized spacial score (nSPS) is 12.8. The van der Waals surface area contributed by atoms with E-state index in [9.17, 15) is 5.11 Å². The molecule has 0 fully saturated rings. The standard InChI is InChI=1S/C16H12Br2OS/c1-9-14(18)8-15(20-9)16(19)12-3-2-11-7-13(17)5-4-10(11)6-12/h2-8,16,19H,1H3. The molecule has 2 aromatic carbocycles. The van der Waals surface area contributed by atoms with E-state index >= 15 is 0 Å². The number of thiophene rings is 1. The molecule has 1 atom stereocenters. The Bertz CT molecular complexity index is 760. The number of halogens is 2. The van der Waals surface area contributed by atoms with Crippen molar-refractivity contribution in [1.82, 2.24) is 0 Å². The van der Waals surface area contributed by atoms with Gasteiger partial charge in [-0.15, -0.1) is 11.3 Å². The topological polar surface area (TPSA) is 20.2 Å². The minimum Gasteiger partial charge on any atom is -0.383 e. The highest BCUT2D eigenvalue weighted by molar-refractivity contribution is 9.10. The van der Waals surface area contributed by atoms with Gasteiger partial charge in [-0.3, -0.25) is 0 Å². The molecule has 0 radical (unpaired) electrons. The van der Waals surface area contributed by atoms with Crippen LogP contribution in [0.1, 0.15) is 21.4 Å². The molecule has 4 heteroatoms. The van der Waals surface area contributed by atoms with Crippen LogP contribution in [0.25, 0.3) is 10.8 Å². The molecular formula is C16H12Br2OS. The predicted octanol–water partition coefficient (Wildman–Crippen LogP) is 5.82. The molecular weight excluding hydrogens is 400 g/mol. The lowest BCUT2D eigenvalue weighted by Crippen LogP contribution is -1.96. The SMILES string of the molecule is Cc1sc(C(O)c2ccc3cc(Br)ccc3c2)cc1Br. The number of hydrogen-bond donors (Lipinski definition) is 1. The van der Waals surface area contributed by atoms with Crippen LogP contribution in [0.15, 0.2) is 51.4 Å². The first kappa shape index (κ1) is 14.3. The van der Waals surface area contributed by atoms with Gasteiger partial charge in [0.2, 0.25) is 0 Å². The number of aliphatic hydroxyl groups is 1. The van der Waals surface area contributed by atoms with Gasteiger partial charge < -0.3 is 5.11 Å². The zero-order chi connectivity index (χ0) is 14.3. The molecule has 0 spiro atoms. The van der Waals surface area contributed by atoms with Crippen molar-refractivity contribution < 1.29 is 5.11 Å². The third-order valence-electron chi connectivity index (χ3n) is 3.29. The molecule has 0 saturated carbocycles. The lowest BCUT2D eigenvalue weighted by molar-refractivity contribution is 0.224. The van der Waals surface area contributed by atoms with Crippen LogP contribution in [-0.2, 0) is 0 Å². The van der Waals surface area contributed by atoms with Crippen LogP contribution in [0, 0.1) is 6.92 Å². The maximum atomic E-state index is 10.5. The molecule has 1 heterocycles. The van der Waals surface area contributed by atoms with E-state index in [0.717, 1.165) is 24.8 Å². The molecule has 3 rings (SSSR count). The van der Waals surface area contributed by atoms with Crippen molar-refractivity contribution >= 4 is 54.0 Å². The summed E-state index contributed by atoms with van der Waals surface area (Å²) in [5.41, 5.74) is 0.925. The van der Waals surface area contributed by atoms with E-state index in [1.807, 2.05) is 31.2 Å². The maximum Gasteiger partial charge on any atom is 0.113 e. The Kier molecular flexibility index (Phi) is 4.00. The van der Waals surface area contributed by atoms with Gasteiger partial charge in [0, 0.05) is 18.7 Å². The number of hydrogen-bond acceptors (Lipinski definition) is 2. The number of aryl methyl sites for hydroxylation is 1. The predicted molar refractivity (Wildman–Crippen MR) is 92.5 cm³/mol. The van der Waals surface area contributed by atoms with Crippen LogP contribution >= 0.6 is 43.2 Å². The van der Waals surface area contributed by atoms with Gasteiger partial charge in [0.15, 0.2) is 0 Å². The molecule has 0 amide bonds. The summed E-state index contributed by atoms with van der Waals surface area (Å²) >= 11 is 8.59. The second-order valence-corrected chi connectivity index (χ2v) is 7.76. The van der Waals surface area contributed by atoms with E-state index in [2.05, 4.69) is 50.1 Å². The Labute approximate surface area is 138 Å². The molecule has 1 nitrogen and oxygen atoms in total. The van der Waals surface area contributed by atoms with E-state index in [1.165, 1.54) is 10.3 Å². The lowest BCUT2D eigenvalue weighted by Gasteiger charge is -2.10. The molecule has 102 valence electrons. The maximum absolute atomic E-state index is 10.5. The molecule has 0 aliphatic rings. The van der Waals surface area contributed by atoms with Crippen LogP contribution in [0.4, 0.5) is 0 Å². The molecule has 1 aromatic heterocycles. The second kappa shape index (κ2) is 5.60. The minimum atomic E-state index is -0.571. The van der Waals surface area contributed by atoms with Crippen molar-refractivity contribution in [2.75, 3.05) is 0 Å².